The van der Waals surface area contributed by atoms with Crippen LogP contribution in [-0.2, 0) is 6.42 Å². The van der Waals surface area contributed by atoms with Crippen LogP contribution in [0.25, 0.3) is 0 Å². The van der Waals surface area contributed by atoms with Gasteiger partial charge in [0.1, 0.15) is 0 Å². The van der Waals surface area contributed by atoms with Crippen molar-refractivity contribution in [1.82, 2.24) is 10.2 Å². The van der Waals surface area contributed by atoms with Crippen molar-refractivity contribution >= 4 is 17.4 Å². The summed E-state index contributed by atoms with van der Waals surface area (Å²) in [5.74, 6) is 1.15. The van der Waals surface area contributed by atoms with E-state index in [1.54, 1.807) is 30.3 Å². The molecule has 6 heteroatoms. The molecule has 4 rings (SSSR count). The van der Waals surface area contributed by atoms with E-state index in [0.29, 0.717) is 17.2 Å². The zero-order valence-electron chi connectivity index (χ0n) is 16.7. The van der Waals surface area contributed by atoms with Crippen LogP contribution in [0.3, 0.4) is 0 Å². The fourth-order valence-electron chi connectivity index (χ4n) is 3.79. The second-order valence-electron chi connectivity index (χ2n) is 7.54. The van der Waals surface area contributed by atoms with E-state index in [0.717, 1.165) is 38.2 Å². The van der Waals surface area contributed by atoms with Crippen molar-refractivity contribution in [1.29, 1.82) is 5.26 Å². The molecule has 0 unspecified atom stereocenters. The number of aromatic nitrogens is 2. The van der Waals surface area contributed by atoms with Crippen LogP contribution in [-0.4, -0.2) is 29.2 Å². The van der Waals surface area contributed by atoms with Crippen LogP contribution in [0, 0.1) is 17.2 Å². The van der Waals surface area contributed by atoms with Crippen molar-refractivity contribution in [3.05, 3.63) is 83.6 Å². The predicted octanol–water partition coefficient (Wildman–Crippen LogP) is 4.06. The van der Waals surface area contributed by atoms with Crippen LogP contribution in [0.2, 0.25) is 0 Å². The van der Waals surface area contributed by atoms with E-state index >= 15 is 0 Å². The lowest BCUT2D eigenvalue weighted by molar-refractivity contribution is 0.102. The monoisotopic (exact) mass is 397 g/mol. The molecule has 1 fully saturated rings. The van der Waals surface area contributed by atoms with Crippen molar-refractivity contribution in [3.8, 4) is 6.07 Å². The Bertz CT molecular complexity index is 1040. The summed E-state index contributed by atoms with van der Waals surface area (Å²) in [7, 11) is 0. The Morgan fingerprint density at radius 3 is 2.53 bits per heavy atom. The number of carbonyl (C=O) groups is 1. The fourth-order valence-corrected chi connectivity index (χ4v) is 3.79. The lowest BCUT2D eigenvalue weighted by Gasteiger charge is -2.32. The smallest absolute Gasteiger partial charge is 0.276 e. The average molecular weight is 397 g/mol. The summed E-state index contributed by atoms with van der Waals surface area (Å²) in [6.07, 6.45) is 3.36. The van der Waals surface area contributed by atoms with E-state index in [2.05, 4.69) is 56.8 Å². The number of hydrogen-bond acceptors (Lipinski definition) is 5. The Balaban J connectivity index is 1.32. The number of nitrogens with one attached hydrogen (secondary N) is 1. The summed E-state index contributed by atoms with van der Waals surface area (Å²) in [5.41, 5.74) is 2.70. The summed E-state index contributed by atoms with van der Waals surface area (Å²) in [6, 6.07) is 23.0. The molecule has 2 heterocycles. The van der Waals surface area contributed by atoms with Crippen molar-refractivity contribution < 1.29 is 4.79 Å². The van der Waals surface area contributed by atoms with Gasteiger partial charge in [-0.3, -0.25) is 4.79 Å². The van der Waals surface area contributed by atoms with Gasteiger partial charge in [0.05, 0.1) is 11.6 Å². The van der Waals surface area contributed by atoms with Crippen molar-refractivity contribution in [2.24, 2.45) is 5.92 Å². The Morgan fingerprint density at radius 2 is 1.83 bits per heavy atom. The summed E-state index contributed by atoms with van der Waals surface area (Å²) in [4.78, 5) is 14.6. The summed E-state index contributed by atoms with van der Waals surface area (Å²) in [6.45, 7) is 1.89. The van der Waals surface area contributed by atoms with Gasteiger partial charge in [0.15, 0.2) is 11.5 Å². The third-order valence-electron chi connectivity index (χ3n) is 5.44. The van der Waals surface area contributed by atoms with Crippen LogP contribution in [0.4, 0.5) is 11.5 Å². The molecule has 1 aromatic heterocycles. The SMILES string of the molecule is N#Cc1cccc(NC(=O)c2ccc(N3CCC(Cc4ccccc4)CC3)nn2)c1. The van der Waals surface area contributed by atoms with Crippen LogP contribution in [0.15, 0.2) is 66.7 Å². The van der Waals surface area contributed by atoms with Gasteiger partial charge in [-0.15, -0.1) is 10.2 Å². The van der Waals surface area contributed by atoms with Gasteiger partial charge in [-0.05, 0) is 61.1 Å². The first-order chi connectivity index (χ1) is 14.7. The van der Waals surface area contributed by atoms with Gasteiger partial charge < -0.3 is 10.2 Å². The van der Waals surface area contributed by atoms with Gasteiger partial charge in [-0.2, -0.15) is 5.26 Å². The first-order valence-corrected chi connectivity index (χ1v) is 10.2. The maximum atomic E-state index is 12.4. The normalized spacial score (nSPS) is 14.2. The molecule has 30 heavy (non-hydrogen) atoms. The van der Waals surface area contributed by atoms with Crippen molar-refractivity contribution in [2.75, 3.05) is 23.3 Å². The maximum absolute atomic E-state index is 12.4. The van der Waals surface area contributed by atoms with E-state index < -0.39 is 0 Å². The number of anilines is 2. The second kappa shape index (κ2) is 9.19. The summed E-state index contributed by atoms with van der Waals surface area (Å²) >= 11 is 0. The molecular weight excluding hydrogens is 374 g/mol. The fraction of sp³-hybridized carbons (Fsp3) is 0.250. The van der Waals surface area contributed by atoms with Crippen LogP contribution in [0.1, 0.15) is 34.5 Å². The minimum atomic E-state index is -0.342. The molecule has 0 spiro atoms. The third-order valence-corrected chi connectivity index (χ3v) is 5.44. The number of piperidine rings is 1. The molecule has 1 N–H and O–H groups in total. The molecule has 0 saturated carbocycles. The minimum absolute atomic E-state index is 0.250. The number of amides is 1. The van der Waals surface area contributed by atoms with Gasteiger partial charge in [0, 0.05) is 18.8 Å². The largest absolute Gasteiger partial charge is 0.355 e. The first-order valence-electron chi connectivity index (χ1n) is 10.2. The van der Waals surface area contributed by atoms with E-state index in [9.17, 15) is 4.79 Å². The molecule has 0 radical (unpaired) electrons. The molecule has 0 bridgehead atoms. The lowest BCUT2D eigenvalue weighted by atomic mass is 9.90. The third kappa shape index (κ3) is 4.81. The molecule has 1 amide bonds. The zero-order chi connectivity index (χ0) is 20.8. The molecule has 3 aromatic rings. The second-order valence-corrected chi connectivity index (χ2v) is 7.54. The number of nitriles is 1. The number of benzene rings is 2. The molecule has 6 nitrogen and oxygen atoms in total. The average Bonchev–Trinajstić information content (AvgIpc) is 2.80. The highest BCUT2D eigenvalue weighted by Gasteiger charge is 2.21. The topological polar surface area (TPSA) is 81.9 Å². The Kier molecular flexibility index (Phi) is 6.00. The van der Waals surface area contributed by atoms with Gasteiger partial charge >= 0.3 is 0 Å². The molecule has 0 atom stereocenters. The maximum Gasteiger partial charge on any atom is 0.276 e. The first kappa shape index (κ1) is 19.6. The number of hydrogen-bond donors (Lipinski definition) is 1. The predicted molar refractivity (Wildman–Crippen MR) is 116 cm³/mol. The highest BCUT2D eigenvalue weighted by molar-refractivity contribution is 6.02. The van der Waals surface area contributed by atoms with E-state index in [1.165, 1.54) is 5.56 Å². The van der Waals surface area contributed by atoms with E-state index in [4.69, 9.17) is 5.26 Å². The van der Waals surface area contributed by atoms with E-state index in [1.807, 2.05) is 6.07 Å². The van der Waals surface area contributed by atoms with E-state index in [-0.39, 0.29) is 11.6 Å². The number of nitrogens with zero attached hydrogens (tertiary/aromatic N) is 4. The summed E-state index contributed by atoms with van der Waals surface area (Å²) < 4.78 is 0. The highest BCUT2D eigenvalue weighted by Crippen LogP contribution is 2.24. The van der Waals surface area contributed by atoms with Crippen LogP contribution < -0.4 is 10.2 Å². The zero-order valence-corrected chi connectivity index (χ0v) is 16.7. The molecule has 0 aliphatic carbocycles. The van der Waals surface area contributed by atoms with Gasteiger partial charge in [0.25, 0.3) is 5.91 Å². The molecule has 1 saturated heterocycles. The number of carbonyl (C=O) groups excluding carboxylic acids is 1. The van der Waals surface area contributed by atoms with Crippen LogP contribution >= 0.6 is 0 Å². The molecule has 2 aromatic carbocycles. The summed E-state index contributed by atoms with van der Waals surface area (Å²) in [5, 5.41) is 20.1. The highest BCUT2D eigenvalue weighted by atomic mass is 16.1. The van der Waals surface area contributed by atoms with Gasteiger partial charge in [-0.1, -0.05) is 36.4 Å². The quantitative estimate of drug-likeness (QED) is 0.702. The van der Waals surface area contributed by atoms with Crippen LogP contribution in [0.5, 0.6) is 0 Å². The minimum Gasteiger partial charge on any atom is -0.355 e. The van der Waals surface area contributed by atoms with Gasteiger partial charge in [0.2, 0.25) is 0 Å². The standard InChI is InChI=1S/C24H23N5O/c25-17-20-7-4-8-21(16-20)26-24(30)22-9-10-23(28-27-22)29-13-11-19(12-14-29)15-18-5-2-1-3-6-18/h1-10,16,19H,11-15H2,(H,26,30). The molecular formula is C24H23N5O. The molecule has 150 valence electrons. The Labute approximate surface area is 176 Å². The molecule has 1 aliphatic rings. The molecule has 1 aliphatic heterocycles. The van der Waals surface area contributed by atoms with Gasteiger partial charge in [-0.25, -0.2) is 0 Å². The van der Waals surface area contributed by atoms with Crippen molar-refractivity contribution in [3.63, 3.8) is 0 Å². The Hall–Kier alpha value is -3.72. The number of rotatable bonds is 5. The Morgan fingerprint density at radius 1 is 1.03 bits per heavy atom. The van der Waals surface area contributed by atoms with Crippen molar-refractivity contribution in [2.45, 2.75) is 19.3 Å². The lowest BCUT2D eigenvalue weighted by Crippen LogP contribution is -2.35.